The Hall–Kier alpha value is -2.24. The number of rotatable bonds is 4. The van der Waals surface area contributed by atoms with E-state index in [-0.39, 0.29) is 6.04 Å². The van der Waals surface area contributed by atoms with Crippen LogP contribution in [0.1, 0.15) is 60.5 Å². The molecular weight excluding hydrogens is 332 g/mol. The number of hydrazine groups is 1. The number of carbonyl (C=O) groups excluding carboxylic acids is 2. The quantitative estimate of drug-likeness (QED) is 0.787. The molecule has 26 heavy (non-hydrogen) atoms. The Labute approximate surface area is 156 Å². The fourth-order valence-electron chi connectivity index (χ4n) is 2.20. The van der Waals surface area contributed by atoms with E-state index < -0.39 is 23.4 Å². The van der Waals surface area contributed by atoms with Gasteiger partial charge in [0.05, 0.1) is 6.04 Å². The van der Waals surface area contributed by atoms with Gasteiger partial charge in [-0.15, -0.1) is 0 Å². The van der Waals surface area contributed by atoms with Crippen molar-refractivity contribution in [2.75, 3.05) is 0 Å². The molecule has 6 heteroatoms. The van der Waals surface area contributed by atoms with E-state index in [1.54, 1.807) is 41.5 Å². The summed E-state index contributed by atoms with van der Waals surface area (Å²) in [5, 5.41) is 1.21. The molecule has 6 nitrogen and oxygen atoms in total. The summed E-state index contributed by atoms with van der Waals surface area (Å²) in [7, 11) is 0. The van der Waals surface area contributed by atoms with Crippen LogP contribution in [-0.4, -0.2) is 34.4 Å². The van der Waals surface area contributed by atoms with E-state index in [0.29, 0.717) is 6.42 Å². The van der Waals surface area contributed by atoms with E-state index in [2.05, 4.69) is 5.43 Å². The summed E-state index contributed by atoms with van der Waals surface area (Å²) >= 11 is 0. The molecule has 0 aliphatic rings. The van der Waals surface area contributed by atoms with Crippen molar-refractivity contribution in [2.24, 2.45) is 0 Å². The van der Waals surface area contributed by atoms with Crippen molar-refractivity contribution in [1.82, 2.24) is 10.4 Å². The number of nitrogens with zero attached hydrogens (tertiary/aromatic N) is 1. The molecule has 0 fully saturated rings. The number of aryl methyl sites for hydroxylation is 1. The van der Waals surface area contributed by atoms with Crippen molar-refractivity contribution >= 4 is 12.2 Å². The highest BCUT2D eigenvalue weighted by molar-refractivity contribution is 5.74. The fraction of sp³-hybridized carbons (Fsp3) is 0.600. The van der Waals surface area contributed by atoms with Gasteiger partial charge >= 0.3 is 12.2 Å². The molecule has 0 bridgehead atoms. The van der Waals surface area contributed by atoms with Crippen LogP contribution in [0.15, 0.2) is 30.3 Å². The van der Waals surface area contributed by atoms with E-state index in [4.69, 9.17) is 9.47 Å². The van der Waals surface area contributed by atoms with Crippen LogP contribution in [0.3, 0.4) is 0 Å². The minimum absolute atomic E-state index is 0.266. The van der Waals surface area contributed by atoms with E-state index in [1.165, 1.54) is 10.6 Å². The zero-order valence-corrected chi connectivity index (χ0v) is 17.0. The molecule has 2 amide bonds. The lowest BCUT2D eigenvalue weighted by Gasteiger charge is -2.32. The highest BCUT2D eigenvalue weighted by atomic mass is 16.6. The number of carbonyl (C=O) groups is 2. The minimum atomic E-state index is -0.685. The van der Waals surface area contributed by atoms with Gasteiger partial charge in [-0.1, -0.05) is 30.3 Å². The summed E-state index contributed by atoms with van der Waals surface area (Å²) in [4.78, 5) is 24.7. The topological polar surface area (TPSA) is 67.9 Å². The largest absolute Gasteiger partial charge is 0.443 e. The second-order valence-electron chi connectivity index (χ2n) is 8.34. The molecule has 0 aromatic heterocycles. The minimum Gasteiger partial charge on any atom is -0.443 e. The molecule has 1 N–H and O–H groups in total. The van der Waals surface area contributed by atoms with Crippen molar-refractivity contribution in [3.05, 3.63) is 35.9 Å². The third-order valence-corrected chi connectivity index (χ3v) is 3.34. The summed E-state index contributed by atoms with van der Waals surface area (Å²) in [5.74, 6) is 0. The maximum Gasteiger partial charge on any atom is 0.429 e. The standard InChI is InChI=1S/C20H32N2O4/c1-15(13-14-16-11-9-8-10-12-16)22(18(24)26-20(5,6)7)21-17(23)25-19(2,3)4/h8-12,15H,13-14H2,1-7H3,(H,21,23)/t15-/m1/s1. The second-order valence-corrected chi connectivity index (χ2v) is 8.34. The number of hydrogen-bond acceptors (Lipinski definition) is 4. The van der Waals surface area contributed by atoms with Crippen LogP contribution < -0.4 is 5.43 Å². The molecule has 0 heterocycles. The van der Waals surface area contributed by atoms with Gasteiger partial charge in [0.2, 0.25) is 0 Å². The number of benzene rings is 1. The van der Waals surface area contributed by atoms with Gasteiger partial charge in [0.25, 0.3) is 0 Å². The smallest absolute Gasteiger partial charge is 0.429 e. The molecule has 1 atom stereocenters. The first-order valence-corrected chi connectivity index (χ1v) is 8.93. The molecule has 0 aliphatic carbocycles. The van der Waals surface area contributed by atoms with E-state index >= 15 is 0 Å². The van der Waals surface area contributed by atoms with Gasteiger partial charge in [0.15, 0.2) is 0 Å². The first kappa shape index (κ1) is 21.8. The lowest BCUT2D eigenvalue weighted by atomic mass is 10.1. The highest BCUT2D eigenvalue weighted by Crippen LogP contribution is 2.15. The summed E-state index contributed by atoms with van der Waals surface area (Å²) in [6, 6.07) is 9.72. The number of hydrogen-bond donors (Lipinski definition) is 1. The van der Waals surface area contributed by atoms with Crippen molar-refractivity contribution in [3.63, 3.8) is 0 Å². The van der Waals surface area contributed by atoms with Crippen molar-refractivity contribution in [2.45, 2.75) is 78.6 Å². The Balaban J connectivity index is 2.81. The van der Waals surface area contributed by atoms with Crippen LogP contribution in [0.5, 0.6) is 0 Å². The molecule has 0 aliphatic heterocycles. The van der Waals surface area contributed by atoms with Gasteiger partial charge in [0.1, 0.15) is 11.2 Å². The molecule has 1 aromatic carbocycles. The van der Waals surface area contributed by atoms with E-state index in [0.717, 1.165) is 6.42 Å². The van der Waals surface area contributed by atoms with E-state index in [9.17, 15) is 9.59 Å². The highest BCUT2D eigenvalue weighted by Gasteiger charge is 2.29. The first-order chi connectivity index (χ1) is 11.9. The van der Waals surface area contributed by atoms with Gasteiger partial charge in [-0.2, -0.15) is 0 Å². The molecule has 146 valence electrons. The maximum atomic E-state index is 12.5. The third-order valence-electron chi connectivity index (χ3n) is 3.34. The van der Waals surface area contributed by atoms with Crippen LogP contribution in [0.2, 0.25) is 0 Å². The summed E-state index contributed by atoms with van der Waals surface area (Å²) in [6.45, 7) is 12.5. The number of amides is 2. The van der Waals surface area contributed by atoms with Gasteiger partial charge in [-0.05, 0) is 66.9 Å². The van der Waals surface area contributed by atoms with E-state index in [1.807, 2.05) is 37.3 Å². The average Bonchev–Trinajstić information content (AvgIpc) is 2.47. The second kappa shape index (κ2) is 8.92. The number of nitrogens with one attached hydrogen (secondary N) is 1. The molecule has 1 rings (SSSR count). The fourth-order valence-corrected chi connectivity index (χ4v) is 2.20. The average molecular weight is 364 g/mol. The van der Waals surface area contributed by atoms with Gasteiger partial charge in [-0.25, -0.2) is 20.0 Å². The van der Waals surface area contributed by atoms with Gasteiger partial charge in [0, 0.05) is 0 Å². The zero-order valence-electron chi connectivity index (χ0n) is 17.0. The van der Waals surface area contributed by atoms with Crippen LogP contribution >= 0.6 is 0 Å². The normalized spacial score (nSPS) is 12.9. The van der Waals surface area contributed by atoms with Crippen LogP contribution in [0.4, 0.5) is 9.59 Å². The predicted molar refractivity (Wildman–Crippen MR) is 102 cm³/mol. The van der Waals surface area contributed by atoms with Crippen molar-refractivity contribution < 1.29 is 19.1 Å². The lowest BCUT2D eigenvalue weighted by Crippen LogP contribution is -2.53. The molecule has 0 saturated heterocycles. The maximum absolute atomic E-state index is 12.5. The monoisotopic (exact) mass is 364 g/mol. The molecule has 0 radical (unpaired) electrons. The molecule has 0 saturated carbocycles. The molecular formula is C20H32N2O4. The number of ether oxygens (including phenoxy) is 2. The zero-order chi connectivity index (χ0) is 20.0. The summed E-state index contributed by atoms with van der Waals surface area (Å²) in [6.07, 6.45) is 0.148. The van der Waals surface area contributed by atoms with Gasteiger partial charge < -0.3 is 9.47 Å². The van der Waals surface area contributed by atoms with Crippen LogP contribution in [0.25, 0.3) is 0 Å². The summed E-state index contributed by atoms with van der Waals surface area (Å²) < 4.78 is 10.7. The Kier molecular flexibility index (Phi) is 7.48. The Morgan fingerprint density at radius 1 is 1.00 bits per heavy atom. The summed E-state index contributed by atoms with van der Waals surface area (Å²) in [5.41, 5.74) is 2.38. The third kappa shape index (κ3) is 8.74. The van der Waals surface area contributed by atoms with Crippen molar-refractivity contribution in [1.29, 1.82) is 0 Å². The predicted octanol–water partition coefficient (Wildman–Crippen LogP) is 4.68. The molecule has 1 aromatic rings. The van der Waals surface area contributed by atoms with Gasteiger partial charge in [-0.3, -0.25) is 0 Å². The Bertz CT molecular complexity index is 588. The lowest BCUT2D eigenvalue weighted by molar-refractivity contribution is -0.00848. The van der Waals surface area contributed by atoms with Crippen molar-refractivity contribution in [3.8, 4) is 0 Å². The Morgan fingerprint density at radius 2 is 1.54 bits per heavy atom. The SMILES string of the molecule is C[C@H](CCc1ccccc1)N(NC(=O)OC(C)(C)C)C(=O)OC(C)(C)C. The first-order valence-electron chi connectivity index (χ1n) is 8.93. The Morgan fingerprint density at radius 3 is 2.04 bits per heavy atom. The van der Waals surface area contributed by atoms with Crippen LogP contribution in [0, 0.1) is 0 Å². The molecule has 0 spiro atoms. The van der Waals surface area contributed by atoms with Crippen LogP contribution in [-0.2, 0) is 15.9 Å². The molecule has 0 unspecified atom stereocenters.